The molecule has 0 bridgehead atoms. The maximum absolute atomic E-state index is 14.3. The molecule has 1 unspecified atom stereocenters. The van der Waals surface area contributed by atoms with Crippen molar-refractivity contribution in [1.29, 1.82) is 0 Å². The van der Waals surface area contributed by atoms with Crippen LogP contribution in [0.1, 0.15) is 66.3 Å². The zero-order valence-electron chi connectivity index (χ0n) is 41.9. The number of ether oxygens (including phenoxy) is 9. The largest absolute Gasteiger partial charge is 0.445 e. The molecule has 2 saturated carbocycles. The van der Waals surface area contributed by atoms with Crippen LogP contribution in [-0.4, -0.2) is 104 Å². The normalized spacial score (nSPS) is 25.7. The fourth-order valence-corrected chi connectivity index (χ4v) is 10.2. The fourth-order valence-electron chi connectivity index (χ4n) is 10.2. The molecule has 4 fully saturated rings. The highest BCUT2D eigenvalue weighted by molar-refractivity contribution is 5.69. The van der Waals surface area contributed by atoms with Crippen LogP contribution in [-0.2, 0) is 75.7 Å². The molecule has 2 N–H and O–H groups in total. The Morgan fingerprint density at radius 2 is 1.08 bits per heavy atom. The molecule has 75 heavy (non-hydrogen) atoms. The number of carbonyl (C=O) groups excluding carboxylic acids is 3. The third-order valence-corrected chi connectivity index (χ3v) is 13.9. The van der Waals surface area contributed by atoms with E-state index in [2.05, 4.69) is 20.7 Å². The number of nitrogens with zero attached hydrogens (tertiary/aromatic N) is 4. The first kappa shape index (κ1) is 52.8. The van der Waals surface area contributed by atoms with Crippen molar-refractivity contribution < 1.29 is 57.0 Å². The third-order valence-electron chi connectivity index (χ3n) is 13.9. The Bertz CT molecular complexity index is 2630. The van der Waals surface area contributed by atoms with E-state index in [4.69, 9.17) is 42.6 Å². The highest BCUT2D eigenvalue weighted by atomic mass is 16.8. The molecule has 18 nitrogen and oxygen atoms in total. The van der Waals surface area contributed by atoms with Crippen molar-refractivity contribution >= 4 is 18.3 Å². The highest BCUT2D eigenvalue weighted by Gasteiger charge is 2.63. The van der Waals surface area contributed by atoms with Gasteiger partial charge in [0.15, 0.2) is 12.1 Å². The fraction of sp³-hybridized carbons (Fsp3) is 0.421. The molecule has 5 aromatic rings. The summed E-state index contributed by atoms with van der Waals surface area (Å²) in [6.45, 7) is 0.219. The van der Waals surface area contributed by atoms with Crippen LogP contribution in [0.15, 0.2) is 157 Å². The van der Waals surface area contributed by atoms with Gasteiger partial charge in [-0.2, -0.15) is 0 Å². The average Bonchev–Trinajstić information content (AvgIpc) is 3.82. The van der Waals surface area contributed by atoms with E-state index in [0.29, 0.717) is 12.8 Å². The number of likely N-dealkylation sites (N-methyl/N-ethyl adjacent to an activating group) is 1. The summed E-state index contributed by atoms with van der Waals surface area (Å²) < 4.78 is 59.0. The summed E-state index contributed by atoms with van der Waals surface area (Å²) >= 11 is 0. The van der Waals surface area contributed by atoms with Gasteiger partial charge in [-0.05, 0) is 52.6 Å². The smallest absolute Gasteiger partial charge is 0.409 e. The molecular weight excluding hydrogens is 961 g/mol. The van der Waals surface area contributed by atoms with Crippen molar-refractivity contribution in [3.63, 3.8) is 0 Å². The van der Waals surface area contributed by atoms with Crippen LogP contribution < -0.4 is 10.6 Å². The first-order valence-electron chi connectivity index (χ1n) is 25.6. The van der Waals surface area contributed by atoms with Gasteiger partial charge in [0.05, 0.1) is 44.0 Å². The zero-order valence-corrected chi connectivity index (χ0v) is 41.9. The molecule has 4 aliphatic rings. The van der Waals surface area contributed by atoms with Crippen LogP contribution >= 0.6 is 0 Å². The second kappa shape index (κ2) is 26.0. The summed E-state index contributed by atoms with van der Waals surface area (Å²) in [4.78, 5) is 46.6. The van der Waals surface area contributed by atoms with Crippen molar-refractivity contribution in [2.45, 2.75) is 138 Å². The van der Waals surface area contributed by atoms with Gasteiger partial charge in [-0.15, -0.1) is 0 Å². The van der Waals surface area contributed by atoms with Gasteiger partial charge in [-0.3, -0.25) is 0 Å². The first-order valence-corrected chi connectivity index (χ1v) is 25.6. The lowest BCUT2D eigenvalue weighted by molar-refractivity contribution is -0.282. The number of fused-ring (bicyclic) bond motifs is 1. The highest BCUT2D eigenvalue weighted by Crippen LogP contribution is 2.47. The van der Waals surface area contributed by atoms with Crippen LogP contribution in [0, 0.1) is 0 Å². The zero-order chi connectivity index (χ0) is 51.8. The van der Waals surface area contributed by atoms with Crippen molar-refractivity contribution in [3.05, 3.63) is 190 Å². The minimum absolute atomic E-state index is 0.0112. The summed E-state index contributed by atoms with van der Waals surface area (Å²) in [5, 5.41) is 10.4. The Hall–Kier alpha value is -7.02. The first-order chi connectivity index (χ1) is 36.7. The number of benzene rings is 5. The van der Waals surface area contributed by atoms with Crippen LogP contribution in [0.25, 0.3) is 10.4 Å². The maximum atomic E-state index is 14.3. The van der Waals surface area contributed by atoms with Crippen LogP contribution in [0.4, 0.5) is 14.4 Å². The second-order valence-corrected chi connectivity index (χ2v) is 19.3. The Kier molecular flexibility index (Phi) is 18.3. The molecule has 2 heterocycles. The number of carbonyl (C=O) groups is 3. The Morgan fingerprint density at radius 1 is 0.613 bits per heavy atom. The SMILES string of the molecule is CN(C[C@H]1OC(O[C@@H]2[C@@H](NC(=O)OCc3ccccc3)[C@H](OCc3ccccc3)[C@@H](NC(=O)OCc3ccccc3)[C@@H]3OC4(CCCCC4)O[C@@H]23)[C@H](N=[N+]=[N-])C[C@@H]1OCc1ccccc1)C(=O)OCc1ccccc1. The number of azide groups is 1. The van der Waals surface area contributed by atoms with Crippen LogP contribution in [0.2, 0.25) is 0 Å². The van der Waals surface area contributed by atoms with Gasteiger partial charge in [0, 0.05) is 24.8 Å². The summed E-state index contributed by atoms with van der Waals surface area (Å²) in [6, 6.07) is 43.9. The van der Waals surface area contributed by atoms with Gasteiger partial charge in [-0.1, -0.05) is 163 Å². The molecule has 0 aromatic heterocycles. The number of hydrogen-bond acceptors (Lipinski definition) is 13. The summed E-state index contributed by atoms with van der Waals surface area (Å²) in [5.41, 5.74) is 14.2. The average molecular weight is 1030 g/mol. The number of amides is 3. The van der Waals surface area contributed by atoms with E-state index < -0.39 is 85.1 Å². The lowest BCUT2D eigenvalue weighted by atomic mass is 9.81. The molecule has 3 amide bonds. The molecule has 0 radical (unpaired) electrons. The molecular formula is C57H64N6O12. The molecule has 18 heteroatoms. The summed E-state index contributed by atoms with van der Waals surface area (Å²) in [6.07, 6.45) is -5.37. The van der Waals surface area contributed by atoms with Crippen molar-refractivity contribution in [2.24, 2.45) is 5.11 Å². The third kappa shape index (κ3) is 14.2. The lowest BCUT2D eigenvalue weighted by Crippen LogP contribution is -2.73. The molecule has 9 rings (SSSR count). The predicted octanol–water partition coefficient (Wildman–Crippen LogP) is 9.65. The molecule has 2 aliphatic carbocycles. The predicted molar refractivity (Wildman–Crippen MR) is 273 cm³/mol. The van der Waals surface area contributed by atoms with Crippen molar-refractivity contribution in [1.82, 2.24) is 15.5 Å². The molecule has 2 aliphatic heterocycles. The Labute approximate surface area is 436 Å². The maximum Gasteiger partial charge on any atom is 0.409 e. The Balaban J connectivity index is 1.06. The number of rotatable bonds is 19. The van der Waals surface area contributed by atoms with Gasteiger partial charge in [-0.25, -0.2) is 14.4 Å². The summed E-state index contributed by atoms with van der Waals surface area (Å²) in [7, 11) is 1.60. The van der Waals surface area contributed by atoms with E-state index >= 15 is 0 Å². The van der Waals surface area contributed by atoms with Gasteiger partial charge in [0.25, 0.3) is 0 Å². The van der Waals surface area contributed by atoms with Gasteiger partial charge in [0.2, 0.25) is 0 Å². The van der Waals surface area contributed by atoms with Gasteiger partial charge >= 0.3 is 18.3 Å². The quantitative estimate of drug-likeness (QED) is 0.0343. The van der Waals surface area contributed by atoms with Crippen LogP contribution in [0.5, 0.6) is 0 Å². The molecule has 2 saturated heterocycles. The molecule has 394 valence electrons. The van der Waals surface area contributed by atoms with Crippen molar-refractivity contribution in [3.8, 4) is 0 Å². The van der Waals surface area contributed by atoms with Gasteiger partial charge < -0.3 is 58.2 Å². The second-order valence-electron chi connectivity index (χ2n) is 19.3. The van der Waals surface area contributed by atoms with Crippen LogP contribution in [0.3, 0.4) is 0 Å². The van der Waals surface area contributed by atoms with E-state index in [1.165, 1.54) is 4.90 Å². The minimum atomic E-state index is -1.31. The lowest BCUT2D eigenvalue weighted by Gasteiger charge is -2.49. The number of alkyl carbamates (subject to hydrolysis) is 2. The topological polar surface area (TPSA) is 210 Å². The monoisotopic (exact) mass is 1020 g/mol. The van der Waals surface area contributed by atoms with Crippen molar-refractivity contribution in [2.75, 3.05) is 13.6 Å². The Morgan fingerprint density at radius 3 is 1.60 bits per heavy atom. The van der Waals surface area contributed by atoms with E-state index in [1.807, 2.05) is 152 Å². The number of hydrogen-bond donors (Lipinski definition) is 2. The van der Waals surface area contributed by atoms with E-state index in [9.17, 15) is 19.9 Å². The van der Waals surface area contributed by atoms with Gasteiger partial charge in [0.1, 0.15) is 50.3 Å². The summed E-state index contributed by atoms with van der Waals surface area (Å²) in [5.74, 6) is -1.07. The molecule has 1 spiro atoms. The van der Waals surface area contributed by atoms with E-state index in [-0.39, 0.29) is 46.0 Å². The van der Waals surface area contributed by atoms with E-state index in [0.717, 1.165) is 47.1 Å². The molecule has 5 aromatic carbocycles. The minimum Gasteiger partial charge on any atom is -0.445 e. The molecule has 10 atom stereocenters. The van der Waals surface area contributed by atoms with E-state index in [1.54, 1.807) is 7.05 Å². The number of nitrogens with one attached hydrogen (secondary N) is 2. The standard InChI is InChI=1S/C57H64N6O12/c1-63(56(66)71-38-43-28-16-6-17-29-43)33-46-45(67-34-39-20-8-2-9-21-39)32-44(61-62-58)53(72-46)73-50-47(59-54(64)69-36-41-24-12-4-13-25-41)49(68-35-40-22-10-3-11-23-40)48(60-55(65)70-37-42-26-14-5-15-27-42)51-52(50)75-57(74-51)30-18-7-19-31-57/h2-6,8-17,20-29,44-53H,7,18-19,30-38H2,1H3,(H,59,64)(H,60,65)/t44-,45+,46-,47+,48-,49+,50-,51+,52+,53?/m1/s1.